The van der Waals surface area contributed by atoms with Gasteiger partial charge in [-0.15, -0.1) is 0 Å². The van der Waals surface area contributed by atoms with Crippen LogP contribution in [0.3, 0.4) is 0 Å². The van der Waals surface area contributed by atoms with E-state index in [1.54, 1.807) is 55.7 Å². The van der Waals surface area contributed by atoms with E-state index in [2.05, 4.69) is 10.3 Å². The largest absolute Gasteiger partial charge is 0.488 e. The first kappa shape index (κ1) is 23.0. The van der Waals surface area contributed by atoms with Crippen LogP contribution in [-0.2, 0) is 4.74 Å². The molecule has 0 aliphatic rings. The van der Waals surface area contributed by atoms with Crippen molar-refractivity contribution in [1.29, 1.82) is 0 Å². The third-order valence-corrected chi connectivity index (χ3v) is 4.92. The molecular formula is C22H20FN3O5S. The van der Waals surface area contributed by atoms with Gasteiger partial charge in [-0.1, -0.05) is 29.5 Å². The number of thiazole rings is 1. The molecule has 0 aliphatic heterocycles. The molecule has 166 valence electrons. The number of ether oxygens (including phenoxy) is 2. The molecule has 3 rings (SSSR count). The Labute approximate surface area is 187 Å². The van der Waals surface area contributed by atoms with Gasteiger partial charge in [0.1, 0.15) is 11.9 Å². The van der Waals surface area contributed by atoms with E-state index >= 15 is 0 Å². The summed E-state index contributed by atoms with van der Waals surface area (Å²) in [6, 6.07) is 11.2. The summed E-state index contributed by atoms with van der Waals surface area (Å²) >= 11 is 0.713. The Balaban J connectivity index is 1.92. The molecule has 1 N–H and O–H groups in total. The number of para-hydroxylation sites is 1. The average molecular weight is 457 g/mol. The van der Waals surface area contributed by atoms with Gasteiger partial charge in [0.25, 0.3) is 11.6 Å². The van der Waals surface area contributed by atoms with Crippen molar-refractivity contribution in [2.75, 3.05) is 19.0 Å². The maximum atomic E-state index is 13.2. The van der Waals surface area contributed by atoms with Crippen LogP contribution in [0.2, 0.25) is 0 Å². The molecule has 1 amide bonds. The molecule has 32 heavy (non-hydrogen) atoms. The highest BCUT2D eigenvalue weighted by Gasteiger charge is 2.14. The summed E-state index contributed by atoms with van der Waals surface area (Å²) in [6.45, 7) is 2.16. The number of hydrogen-bond donors (Lipinski definition) is 1. The number of benzene rings is 2. The molecule has 1 atom stereocenters. The molecule has 0 fully saturated rings. The number of nitrogens with one attached hydrogen (secondary N) is 1. The zero-order valence-corrected chi connectivity index (χ0v) is 18.1. The average Bonchev–Trinajstić information content (AvgIpc) is 3.16. The van der Waals surface area contributed by atoms with Crippen LogP contribution in [0.15, 0.2) is 48.7 Å². The number of rotatable bonds is 9. The van der Waals surface area contributed by atoms with Crippen molar-refractivity contribution in [2.24, 2.45) is 0 Å². The number of carbonyl (C=O) groups excluding carboxylic acids is 1. The van der Waals surface area contributed by atoms with E-state index in [9.17, 15) is 19.3 Å². The Hall–Kier alpha value is -3.63. The lowest BCUT2D eigenvalue weighted by Crippen LogP contribution is -2.18. The quantitative estimate of drug-likeness (QED) is 0.275. The van der Waals surface area contributed by atoms with Crippen LogP contribution >= 0.6 is 11.3 Å². The molecule has 1 aromatic heterocycles. The van der Waals surface area contributed by atoms with Crippen LogP contribution < -0.4 is 10.1 Å². The van der Waals surface area contributed by atoms with E-state index in [-0.39, 0.29) is 22.5 Å². The van der Waals surface area contributed by atoms with Crippen LogP contribution in [0.25, 0.3) is 12.2 Å². The van der Waals surface area contributed by atoms with Gasteiger partial charge in [-0.25, -0.2) is 4.98 Å². The standard InChI is InChI=1S/C22H20FN3O5S/c1-14(13-30-2)31-18-10-15(7-8-16-5-3-4-6-19(16)26(28)29)9-17(11-18)21(27)25-22-24-12-20(23)32-22/h3-12,14H,13H2,1-2H3,(H,24,25,27)/b8-7+/t14-/m0/s1. The van der Waals surface area contributed by atoms with E-state index in [1.165, 1.54) is 6.07 Å². The van der Waals surface area contributed by atoms with E-state index in [0.717, 1.165) is 6.20 Å². The summed E-state index contributed by atoms with van der Waals surface area (Å²) in [5, 5.41) is 13.4. The molecule has 0 radical (unpaired) electrons. The molecule has 0 aliphatic carbocycles. The number of halogens is 1. The van der Waals surface area contributed by atoms with E-state index in [4.69, 9.17) is 9.47 Å². The number of methoxy groups -OCH3 is 1. The molecule has 0 saturated heterocycles. The van der Waals surface area contributed by atoms with Gasteiger partial charge in [0, 0.05) is 18.7 Å². The number of carbonyl (C=O) groups is 1. The molecule has 0 bridgehead atoms. The lowest BCUT2D eigenvalue weighted by molar-refractivity contribution is -0.385. The first-order chi connectivity index (χ1) is 15.4. The molecular weight excluding hydrogens is 437 g/mol. The molecule has 3 aromatic rings. The van der Waals surface area contributed by atoms with Crippen molar-refractivity contribution in [3.63, 3.8) is 0 Å². The minimum Gasteiger partial charge on any atom is -0.488 e. The Morgan fingerprint density at radius 2 is 2.09 bits per heavy atom. The number of anilines is 1. The van der Waals surface area contributed by atoms with Crippen molar-refractivity contribution >= 4 is 40.2 Å². The van der Waals surface area contributed by atoms with Gasteiger partial charge >= 0.3 is 0 Å². The predicted molar refractivity (Wildman–Crippen MR) is 120 cm³/mol. The van der Waals surface area contributed by atoms with Gasteiger partial charge in [0.15, 0.2) is 10.3 Å². The lowest BCUT2D eigenvalue weighted by atomic mass is 10.1. The first-order valence-electron chi connectivity index (χ1n) is 9.50. The van der Waals surface area contributed by atoms with Gasteiger partial charge in [0.05, 0.1) is 23.3 Å². The molecule has 0 unspecified atom stereocenters. The summed E-state index contributed by atoms with van der Waals surface area (Å²) in [4.78, 5) is 27.3. The molecule has 8 nitrogen and oxygen atoms in total. The highest BCUT2D eigenvalue weighted by molar-refractivity contribution is 7.14. The summed E-state index contributed by atoms with van der Waals surface area (Å²) in [5.74, 6) is -0.0840. The number of hydrogen-bond acceptors (Lipinski definition) is 7. The molecule has 10 heteroatoms. The summed E-state index contributed by atoms with van der Waals surface area (Å²) < 4.78 is 24.1. The topological polar surface area (TPSA) is 104 Å². The normalized spacial score (nSPS) is 12.0. The fraction of sp³-hybridized carbons (Fsp3) is 0.182. The molecule has 0 saturated carbocycles. The predicted octanol–water partition coefficient (Wildman–Crippen LogP) is 5.03. The van der Waals surface area contributed by atoms with Crippen LogP contribution in [0.5, 0.6) is 5.75 Å². The van der Waals surface area contributed by atoms with Gasteiger partial charge in [-0.3, -0.25) is 20.2 Å². The minimum absolute atomic E-state index is 0.0337. The van der Waals surface area contributed by atoms with Crippen LogP contribution in [-0.4, -0.2) is 35.6 Å². The third kappa shape index (κ3) is 6.19. The van der Waals surface area contributed by atoms with Crippen molar-refractivity contribution in [3.8, 4) is 5.75 Å². The van der Waals surface area contributed by atoms with Gasteiger partial charge in [-0.2, -0.15) is 4.39 Å². The van der Waals surface area contributed by atoms with E-state index in [1.807, 2.05) is 6.92 Å². The van der Waals surface area contributed by atoms with Crippen LogP contribution in [0, 0.1) is 15.2 Å². The number of nitro groups is 1. The third-order valence-electron chi connectivity index (χ3n) is 4.22. The fourth-order valence-corrected chi connectivity index (χ4v) is 3.42. The van der Waals surface area contributed by atoms with Gasteiger partial charge < -0.3 is 9.47 Å². The summed E-state index contributed by atoms with van der Waals surface area (Å²) in [6.07, 6.45) is 3.98. The number of nitrogens with zero attached hydrogens (tertiary/aromatic N) is 2. The first-order valence-corrected chi connectivity index (χ1v) is 10.3. The lowest BCUT2D eigenvalue weighted by Gasteiger charge is -2.15. The SMILES string of the molecule is COC[C@H](C)Oc1cc(/C=C/c2ccccc2[N+](=O)[O-])cc(C(=O)Nc2ncc(F)s2)c1. The van der Waals surface area contributed by atoms with Gasteiger partial charge in [-0.05, 0) is 42.8 Å². The fourth-order valence-electron chi connectivity index (χ4n) is 2.88. The van der Waals surface area contributed by atoms with Crippen LogP contribution in [0.1, 0.15) is 28.4 Å². The highest BCUT2D eigenvalue weighted by atomic mass is 32.1. The second-order valence-electron chi connectivity index (χ2n) is 6.75. The highest BCUT2D eigenvalue weighted by Crippen LogP contribution is 2.25. The number of amides is 1. The van der Waals surface area contributed by atoms with Crippen LogP contribution in [0.4, 0.5) is 15.2 Å². The molecule has 0 spiro atoms. The smallest absolute Gasteiger partial charge is 0.276 e. The number of nitro benzene ring substituents is 1. The van der Waals surface area contributed by atoms with Crippen molar-refractivity contribution < 1.29 is 23.6 Å². The Morgan fingerprint density at radius 1 is 1.31 bits per heavy atom. The van der Waals surface area contributed by atoms with Gasteiger partial charge in [0.2, 0.25) is 0 Å². The monoisotopic (exact) mass is 457 g/mol. The van der Waals surface area contributed by atoms with Crippen molar-refractivity contribution in [1.82, 2.24) is 4.98 Å². The maximum Gasteiger partial charge on any atom is 0.276 e. The second-order valence-corrected chi connectivity index (χ2v) is 7.73. The Bertz CT molecular complexity index is 1150. The molecule has 1 heterocycles. The van der Waals surface area contributed by atoms with E-state index in [0.29, 0.717) is 34.8 Å². The minimum atomic E-state index is -0.515. The zero-order chi connectivity index (χ0) is 23.1. The second kappa shape index (κ2) is 10.6. The maximum absolute atomic E-state index is 13.2. The van der Waals surface area contributed by atoms with Crippen molar-refractivity contribution in [3.05, 3.63) is 80.6 Å². The Kier molecular flexibility index (Phi) is 7.63. The summed E-state index contributed by atoms with van der Waals surface area (Å²) in [5.41, 5.74) is 1.22. The van der Waals surface area contributed by atoms with Crippen molar-refractivity contribution in [2.45, 2.75) is 13.0 Å². The summed E-state index contributed by atoms with van der Waals surface area (Å²) in [7, 11) is 1.55. The van der Waals surface area contributed by atoms with E-state index < -0.39 is 16.0 Å². The zero-order valence-electron chi connectivity index (χ0n) is 17.3. The number of aromatic nitrogens is 1. The Morgan fingerprint density at radius 3 is 2.78 bits per heavy atom. The molecule has 2 aromatic carbocycles.